The van der Waals surface area contributed by atoms with E-state index in [1.807, 2.05) is 19.1 Å². The standard InChI is InChI=1S/C18H22O6/c1-10-5-7-11(8-6-10)13-14(16(20)23-3)12(19)9-18(2,22)15(13)17(21)24-4/h5-8,13-15,22H,9H2,1-4H3/t13-,14+,15-,18+/m1/s1. The van der Waals surface area contributed by atoms with Crippen LogP contribution in [0.1, 0.15) is 30.4 Å². The van der Waals surface area contributed by atoms with Gasteiger partial charge in [-0.1, -0.05) is 29.8 Å². The van der Waals surface area contributed by atoms with Crippen molar-refractivity contribution in [3.63, 3.8) is 0 Å². The second-order valence-electron chi connectivity index (χ2n) is 6.44. The summed E-state index contributed by atoms with van der Waals surface area (Å²) in [6, 6.07) is 7.15. The molecule has 0 heterocycles. The average Bonchev–Trinajstić information content (AvgIpc) is 2.53. The molecule has 2 rings (SSSR count). The summed E-state index contributed by atoms with van der Waals surface area (Å²) >= 11 is 0. The summed E-state index contributed by atoms with van der Waals surface area (Å²) in [5.74, 6) is -4.87. The van der Waals surface area contributed by atoms with Crippen LogP contribution in [0.2, 0.25) is 0 Å². The summed E-state index contributed by atoms with van der Waals surface area (Å²) in [6.07, 6.45) is -0.311. The van der Waals surface area contributed by atoms with Gasteiger partial charge in [0, 0.05) is 12.3 Å². The molecule has 1 saturated carbocycles. The molecule has 0 radical (unpaired) electrons. The lowest BCUT2D eigenvalue weighted by Crippen LogP contribution is -2.55. The SMILES string of the molecule is COC(=O)[C@H]1C(=O)C[C@](C)(O)[C@@H](C(=O)OC)[C@@H]1c1ccc(C)cc1. The summed E-state index contributed by atoms with van der Waals surface area (Å²) in [6.45, 7) is 3.32. The number of aliphatic hydroxyl groups is 1. The third-order valence-corrected chi connectivity index (χ3v) is 4.64. The first-order valence-corrected chi connectivity index (χ1v) is 7.70. The molecule has 0 amide bonds. The fourth-order valence-electron chi connectivity index (χ4n) is 3.46. The van der Waals surface area contributed by atoms with Gasteiger partial charge in [-0.05, 0) is 19.4 Å². The summed E-state index contributed by atoms with van der Waals surface area (Å²) in [4.78, 5) is 37.1. The minimum Gasteiger partial charge on any atom is -0.469 e. The Balaban J connectivity index is 2.63. The average molecular weight is 334 g/mol. The van der Waals surface area contributed by atoms with Crippen LogP contribution in [-0.4, -0.2) is 42.6 Å². The molecule has 0 spiro atoms. The molecule has 1 aromatic rings. The van der Waals surface area contributed by atoms with Crippen molar-refractivity contribution < 1.29 is 29.0 Å². The van der Waals surface area contributed by atoms with Gasteiger partial charge < -0.3 is 14.6 Å². The summed E-state index contributed by atoms with van der Waals surface area (Å²) in [7, 11) is 2.41. The highest BCUT2D eigenvalue weighted by molar-refractivity contribution is 6.02. The molecule has 0 saturated heterocycles. The molecule has 130 valence electrons. The second-order valence-corrected chi connectivity index (χ2v) is 6.44. The van der Waals surface area contributed by atoms with Crippen LogP contribution in [0, 0.1) is 18.8 Å². The molecule has 0 aromatic heterocycles. The number of hydrogen-bond donors (Lipinski definition) is 1. The lowest BCUT2D eigenvalue weighted by Gasteiger charge is -2.43. The minimum atomic E-state index is -1.61. The van der Waals surface area contributed by atoms with E-state index < -0.39 is 41.1 Å². The number of carbonyl (C=O) groups excluding carboxylic acids is 3. The molecule has 1 N–H and O–H groups in total. The Kier molecular flexibility index (Phi) is 5.08. The van der Waals surface area contributed by atoms with E-state index in [1.165, 1.54) is 21.1 Å². The maximum Gasteiger partial charge on any atom is 0.316 e. The number of methoxy groups -OCH3 is 2. The van der Waals surface area contributed by atoms with E-state index in [9.17, 15) is 19.5 Å². The number of ether oxygens (including phenoxy) is 2. The number of hydrogen-bond acceptors (Lipinski definition) is 6. The zero-order valence-corrected chi connectivity index (χ0v) is 14.2. The van der Waals surface area contributed by atoms with E-state index >= 15 is 0 Å². The number of benzene rings is 1. The third-order valence-electron chi connectivity index (χ3n) is 4.64. The van der Waals surface area contributed by atoms with E-state index in [1.54, 1.807) is 12.1 Å². The first-order valence-electron chi connectivity index (χ1n) is 7.70. The maximum absolute atomic E-state index is 12.5. The molecule has 0 bridgehead atoms. The second kappa shape index (κ2) is 6.73. The molecule has 24 heavy (non-hydrogen) atoms. The van der Waals surface area contributed by atoms with Crippen LogP contribution >= 0.6 is 0 Å². The predicted octanol–water partition coefficient (Wildman–Crippen LogP) is 1.38. The van der Waals surface area contributed by atoms with Gasteiger partial charge in [0.25, 0.3) is 0 Å². The van der Waals surface area contributed by atoms with Crippen molar-refractivity contribution in [1.29, 1.82) is 0 Å². The van der Waals surface area contributed by atoms with Gasteiger partial charge in [0.1, 0.15) is 5.92 Å². The number of aryl methyl sites for hydroxylation is 1. The molecule has 6 nitrogen and oxygen atoms in total. The summed E-state index contributed by atoms with van der Waals surface area (Å²) in [5.41, 5.74) is 0.00108. The highest BCUT2D eigenvalue weighted by Gasteiger charge is 2.56. The summed E-state index contributed by atoms with van der Waals surface area (Å²) < 4.78 is 9.61. The zero-order valence-electron chi connectivity index (χ0n) is 14.2. The van der Waals surface area contributed by atoms with Crippen LogP contribution in [0.25, 0.3) is 0 Å². The Hall–Kier alpha value is -2.21. The largest absolute Gasteiger partial charge is 0.469 e. The van der Waals surface area contributed by atoms with E-state index in [0.717, 1.165) is 5.56 Å². The molecule has 6 heteroatoms. The van der Waals surface area contributed by atoms with Crippen molar-refractivity contribution in [3.05, 3.63) is 35.4 Å². The number of ketones is 1. The van der Waals surface area contributed by atoms with E-state index in [-0.39, 0.29) is 6.42 Å². The molecule has 0 aliphatic heterocycles. The zero-order chi connectivity index (χ0) is 18.1. The Labute approximate surface area is 140 Å². The third kappa shape index (κ3) is 3.19. The Morgan fingerprint density at radius 2 is 1.67 bits per heavy atom. The van der Waals surface area contributed by atoms with Gasteiger partial charge in [-0.15, -0.1) is 0 Å². The topological polar surface area (TPSA) is 89.9 Å². The van der Waals surface area contributed by atoms with Crippen molar-refractivity contribution in [2.75, 3.05) is 14.2 Å². The number of Topliss-reactive ketones (excluding diaryl/α,β-unsaturated/α-hetero) is 1. The van der Waals surface area contributed by atoms with Gasteiger partial charge in [0.15, 0.2) is 5.78 Å². The number of carbonyl (C=O) groups is 3. The monoisotopic (exact) mass is 334 g/mol. The first kappa shape index (κ1) is 18.1. The molecule has 1 fully saturated rings. The van der Waals surface area contributed by atoms with Crippen LogP contribution in [0.15, 0.2) is 24.3 Å². The Bertz CT molecular complexity index is 646. The number of esters is 2. The Morgan fingerprint density at radius 3 is 2.17 bits per heavy atom. The van der Waals surface area contributed by atoms with Crippen LogP contribution in [0.3, 0.4) is 0 Å². The molecule has 1 aromatic carbocycles. The molecule has 1 aliphatic carbocycles. The molecule has 0 unspecified atom stereocenters. The van der Waals surface area contributed by atoms with Crippen LogP contribution < -0.4 is 0 Å². The van der Waals surface area contributed by atoms with Crippen molar-refractivity contribution in [1.82, 2.24) is 0 Å². The summed E-state index contributed by atoms with van der Waals surface area (Å²) in [5, 5.41) is 10.7. The van der Waals surface area contributed by atoms with E-state index in [0.29, 0.717) is 5.56 Å². The lowest BCUT2D eigenvalue weighted by atomic mass is 9.61. The van der Waals surface area contributed by atoms with Crippen LogP contribution in [0.5, 0.6) is 0 Å². The van der Waals surface area contributed by atoms with Crippen molar-refractivity contribution in [3.8, 4) is 0 Å². The van der Waals surface area contributed by atoms with Gasteiger partial charge in [0.05, 0.1) is 25.7 Å². The van der Waals surface area contributed by atoms with E-state index in [4.69, 9.17) is 9.47 Å². The normalized spacial score (nSPS) is 29.9. The van der Waals surface area contributed by atoms with Crippen molar-refractivity contribution >= 4 is 17.7 Å². The van der Waals surface area contributed by atoms with Gasteiger partial charge in [-0.25, -0.2) is 0 Å². The molecule has 1 aliphatic rings. The van der Waals surface area contributed by atoms with Crippen LogP contribution in [-0.2, 0) is 23.9 Å². The maximum atomic E-state index is 12.5. The smallest absolute Gasteiger partial charge is 0.316 e. The highest BCUT2D eigenvalue weighted by Crippen LogP contribution is 2.46. The molecular weight excluding hydrogens is 312 g/mol. The quantitative estimate of drug-likeness (QED) is 0.663. The predicted molar refractivity (Wildman–Crippen MR) is 85.2 cm³/mol. The Morgan fingerprint density at radius 1 is 1.12 bits per heavy atom. The van der Waals surface area contributed by atoms with Gasteiger partial charge in [-0.2, -0.15) is 0 Å². The minimum absolute atomic E-state index is 0.311. The lowest BCUT2D eigenvalue weighted by molar-refractivity contribution is -0.170. The first-order chi connectivity index (χ1) is 11.2. The van der Waals surface area contributed by atoms with Crippen molar-refractivity contribution in [2.45, 2.75) is 31.8 Å². The van der Waals surface area contributed by atoms with E-state index in [2.05, 4.69) is 0 Å². The fourth-order valence-corrected chi connectivity index (χ4v) is 3.46. The molecular formula is C18H22O6. The number of rotatable bonds is 3. The van der Waals surface area contributed by atoms with Gasteiger partial charge in [0.2, 0.25) is 0 Å². The highest BCUT2D eigenvalue weighted by atomic mass is 16.5. The van der Waals surface area contributed by atoms with Gasteiger partial charge in [-0.3, -0.25) is 14.4 Å². The molecule has 4 atom stereocenters. The van der Waals surface area contributed by atoms with Gasteiger partial charge >= 0.3 is 11.9 Å². The van der Waals surface area contributed by atoms with Crippen molar-refractivity contribution in [2.24, 2.45) is 11.8 Å². The fraction of sp³-hybridized carbons (Fsp3) is 0.500. The van der Waals surface area contributed by atoms with Crippen LogP contribution in [0.4, 0.5) is 0 Å².